The van der Waals surface area contributed by atoms with Crippen molar-refractivity contribution in [2.45, 2.75) is 12.8 Å². The van der Waals surface area contributed by atoms with E-state index in [-0.39, 0.29) is 11.8 Å². The van der Waals surface area contributed by atoms with Gasteiger partial charge in [-0.2, -0.15) is 5.10 Å². The molecule has 33 heavy (non-hydrogen) atoms. The Labute approximate surface area is 190 Å². The molecule has 2 aliphatic rings. The predicted octanol–water partition coefficient (Wildman–Crippen LogP) is 3.38. The Hall–Kier alpha value is -4.46. The number of fused-ring (bicyclic) bond motifs is 2. The van der Waals surface area contributed by atoms with Crippen LogP contribution in [0.2, 0.25) is 0 Å². The van der Waals surface area contributed by atoms with Gasteiger partial charge in [-0.25, -0.2) is 5.43 Å². The first kappa shape index (κ1) is 20.4. The number of aromatic nitrogens is 1. The number of benzene rings is 2. The van der Waals surface area contributed by atoms with E-state index in [1.807, 2.05) is 25.1 Å². The number of carbonyl (C=O) groups excluding carboxylic acids is 2. The minimum atomic E-state index is -1.43. The average Bonchev–Trinajstić information content (AvgIpc) is 2.83. The summed E-state index contributed by atoms with van der Waals surface area (Å²) in [6.45, 7) is 1.95. The van der Waals surface area contributed by atoms with Gasteiger partial charge in [-0.15, -0.1) is 0 Å². The summed E-state index contributed by atoms with van der Waals surface area (Å²) in [5.41, 5.74) is 5.85. The molecule has 2 aromatic carbocycles. The molecule has 0 saturated carbocycles. The molecular weight excluding hydrogens is 420 g/mol. The molecule has 164 valence electrons. The Kier molecular flexibility index (Phi) is 4.90. The van der Waals surface area contributed by atoms with Gasteiger partial charge in [0.15, 0.2) is 0 Å². The summed E-state index contributed by atoms with van der Waals surface area (Å²) >= 11 is 0. The van der Waals surface area contributed by atoms with E-state index < -0.39 is 5.91 Å². The Balaban J connectivity index is 1.46. The van der Waals surface area contributed by atoms with Gasteiger partial charge in [0.05, 0.1) is 11.8 Å². The largest absolute Gasteiger partial charge is 0.431 e. The molecule has 8 heteroatoms. The van der Waals surface area contributed by atoms with Crippen LogP contribution in [0.3, 0.4) is 0 Å². The summed E-state index contributed by atoms with van der Waals surface area (Å²) in [7, 11) is 1.63. The lowest BCUT2D eigenvalue weighted by atomic mass is 10.0. The predicted molar refractivity (Wildman–Crippen MR) is 122 cm³/mol. The molecule has 0 saturated heterocycles. The lowest BCUT2D eigenvalue weighted by Gasteiger charge is -2.44. The van der Waals surface area contributed by atoms with Crippen LogP contribution < -0.4 is 14.9 Å². The van der Waals surface area contributed by atoms with Crippen molar-refractivity contribution in [2.75, 3.05) is 7.05 Å². The number of aryl methyl sites for hydroxylation is 1. The van der Waals surface area contributed by atoms with Crippen LogP contribution in [0.5, 0.6) is 11.5 Å². The van der Waals surface area contributed by atoms with Gasteiger partial charge in [0, 0.05) is 42.2 Å². The smallest absolute Gasteiger partial charge is 0.362 e. The maximum Gasteiger partial charge on any atom is 0.362 e. The molecule has 3 heterocycles. The molecule has 2 aliphatic heterocycles. The third-order valence-electron chi connectivity index (χ3n) is 5.47. The van der Waals surface area contributed by atoms with Crippen LogP contribution in [0, 0.1) is 6.92 Å². The molecule has 0 radical (unpaired) electrons. The number of likely N-dealkylation sites (N-methyl/N-ethyl adjacent to an activating group) is 1. The summed E-state index contributed by atoms with van der Waals surface area (Å²) in [5, 5.41) is 4.10. The number of rotatable bonds is 3. The molecule has 0 aliphatic carbocycles. The highest BCUT2D eigenvalue weighted by molar-refractivity contribution is 5.99. The quantitative estimate of drug-likeness (QED) is 0.498. The van der Waals surface area contributed by atoms with Crippen LogP contribution in [0.4, 0.5) is 0 Å². The highest BCUT2D eigenvalue weighted by Gasteiger charge is 2.47. The summed E-state index contributed by atoms with van der Waals surface area (Å²) in [6, 6.07) is 14.1. The maximum atomic E-state index is 13.0. The van der Waals surface area contributed by atoms with E-state index in [4.69, 9.17) is 9.47 Å². The fourth-order valence-corrected chi connectivity index (χ4v) is 3.79. The van der Waals surface area contributed by atoms with E-state index in [0.717, 1.165) is 11.1 Å². The fraction of sp³-hybridized carbons (Fsp3) is 0.120. The number of ether oxygens (including phenoxy) is 2. The number of amides is 2. The second kappa shape index (κ2) is 7.90. The minimum Gasteiger partial charge on any atom is -0.431 e. The van der Waals surface area contributed by atoms with Crippen LogP contribution in [0.25, 0.3) is 6.08 Å². The normalized spacial score (nSPS) is 18.5. The standard InChI is InChI=1S/C25H20N4O4/c1-16-13-18-7-10-25(29(2)24(31)20-5-3-4-6-21(20)32-25)33-22(18)19(14-16)15-27-28-23(30)17-8-11-26-12-9-17/h3-15H,1-2H3,(H,28,30). The van der Waals surface area contributed by atoms with Gasteiger partial charge < -0.3 is 9.47 Å². The van der Waals surface area contributed by atoms with Crippen molar-refractivity contribution in [3.63, 3.8) is 0 Å². The number of nitrogens with zero attached hydrogens (tertiary/aromatic N) is 3. The minimum absolute atomic E-state index is 0.211. The number of hydrazone groups is 1. The molecular formula is C25H20N4O4. The zero-order valence-electron chi connectivity index (χ0n) is 18.0. The lowest BCUT2D eigenvalue weighted by molar-refractivity contribution is -0.166. The number of nitrogens with one attached hydrogen (secondary N) is 1. The Morgan fingerprint density at radius 3 is 2.76 bits per heavy atom. The number of pyridine rings is 1. The van der Waals surface area contributed by atoms with Crippen molar-refractivity contribution in [1.82, 2.24) is 15.3 Å². The summed E-state index contributed by atoms with van der Waals surface area (Å²) in [6.07, 6.45) is 8.16. The van der Waals surface area contributed by atoms with Gasteiger partial charge in [-0.3, -0.25) is 19.5 Å². The molecule has 3 aromatic rings. The molecule has 1 spiro atoms. The SMILES string of the molecule is Cc1cc2c(c(C=NNC(=O)c3ccncc3)c1)OC1(C=C2)Oc2ccccc2C(=O)N1C. The average molecular weight is 440 g/mol. The van der Waals surface area contributed by atoms with Crippen molar-refractivity contribution < 1.29 is 19.1 Å². The first-order valence-corrected chi connectivity index (χ1v) is 10.3. The third kappa shape index (κ3) is 3.61. The van der Waals surface area contributed by atoms with E-state index >= 15 is 0 Å². The monoisotopic (exact) mass is 440 g/mol. The second-order valence-electron chi connectivity index (χ2n) is 7.74. The van der Waals surface area contributed by atoms with E-state index in [0.29, 0.717) is 28.2 Å². The number of hydrogen-bond acceptors (Lipinski definition) is 6. The van der Waals surface area contributed by atoms with E-state index in [1.54, 1.807) is 49.5 Å². The van der Waals surface area contributed by atoms with Crippen molar-refractivity contribution in [1.29, 1.82) is 0 Å². The van der Waals surface area contributed by atoms with Crippen LogP contribution in [0.15, 0.2) is 72.1 Å². The highest BCUT2D eigenvalue weighted by Crippen LogP contribution is 2.40. The second-order valence-corrected chi connectivity index (χ2v) is 7.74. The van der Waals surface area contributed by atoms with Gasteiger partial charge >= 0.3 is 5.91 Å². The summed E-state index contributed by atoms with van der Waals surface area (Å²) < 4.78 is 12.5. The molecule has 1 N–H and O–H groups in total. The highest BCUT2D eigenvalue weighted by atomic mass is 16.7. The van der Waals surface area contributed by atoms with Gasteiger partial charge in [0.2, 0.25) is 0 Å². The van der Waals surface area contributed by atoms with Gasteiger partial charge in [-0.05, 0) is 55.0 Å². The molecule has 1 unspecified atom stereocenters. The van der Waals surface area contributed by atoms with E-state index in [1.165, 1.54) is 23.5 Å². The number of hydrogen-bond donors (Lipinski definition) is 1. The first-order valence-electron chi connectivity index (χ1n) is 10.3. The molecule has 5 rings (SSSR count). The van der Waals surface area contributed by atoms with E-state index in [2.05, 4.69) is 15.5 Å². The number of para-hydroxylation sites is 1. The van der Waals surface area contributed by atoms with Crippen LogP contribution in [-0.4, -0.2) is 40.9 Å². The van der Waals surface area contributed by atoms with Gasteiger partial charge in [0.1, 0.15) is 11.5 Å². The Morgan fingerprint density at radius 1 is 1.15 bits per heavy atom. The van der Waals surface area contributed by atoms with Crippen molar-refractivity contribution in [2.24, 2.45) is 5.10 Å². The lowest BCUT2D eigenvalue weighted by Crippen LogP contribution is -2.60. The summed E-state index contributed by atoms with van der Waals surface area (Å²) in [5.74, 6) is -1.07. The van der Waals surface area contributed by atoms with Crippen LogP contribution in [-0.2, 0) is 0 Å². The van der Waals surface area contributed by atoms with Crippen LogP contribution in [0.1, 0.15) is 37.4 Å². The third-order valence-corrected chi connectivity index (χ3v) is 5.47. The fourth-order valence-electron chi connectivity index (χ4n) is 3.79. The number of carbonyl (C=O) groups is 2. The topological polar surface area (TPSA) is 93.1 Å². The van der Waals surface area contributed by atoms with E-state index in [9.17, 15) is 9.59 Å². The first-order chi connectivity index (χ1) is 16.0. The molecule has 8 nitrogen and oxygen atoms in total. The molecule has 2 amide bonds. The zero-order chi connectivity index (χ0) is 23.0. The zero-order valence-corrected chi connectivity index (χ0v) is 18.0. The Morgan fingerprint density at radius 2 is 1.94 bits per heavy atom. The van der Waals surface area contributed by atoms with Crippen molar-refractivity contribution in [3.05, 3.63) is 94.8 Å². The Bertz CT molecular complexity index is 1320. The van der Waals surface area contributed by atoms with Crippen molar-refractivity contribution in [3.8, 4) is 11.5 Å². The van der Waals surface area contributed by atoms with Gasteiger partial charge in [0.25, 0.3) is 11.8 Å². The van der Waals surface area contributed by atoms with Crippen LogP contribution >= 0.6 is 0 Å². The molecule has 0 bridgehead atoms. The van der Waals surface area contributed by atoms with Crippen molar-refractivity contribution >= 4 is 24.1 Å². The molecule has 1 aromatic heterocycles. The molecule has 1 atom stereocenters. The van der Waals surface area contributed by atoms with Gasteiger partial charge in [-0.1, -0.05) is 12.1 Å². The maximum absolute atomic E-state index is 13.0. The summed E-state index contributed by atoms with van der Waals surface area (Å²) in [4.78, 5) is 30.6. The molecule has 0 fully saturated rings.